The highest BCUT2D eigenvalue weighted by Crippen LogP contribution is 2.20. The number of carbonyl (C=O) groups excluding carboxylic acids is 1. The van der Waals surface area contributed by atoms with Gasteiger partial charge in [0.1, 0.15) is 0 Å². The Labute approximate surface area is 61.1 Å². The molecule has 0 radical (unpaired) electrons. The third kappa shape index (κ3) is 2.21. The molecule has 0 heterocycles. The van der Waals surface area contributed by atoms with E-state index in [-0.39, 0.29) is 5.91 Å². The lowest BCUT2D eigenvalue weighted by atomic mass is 9.91. The summed E-state index contributed by atoms with van der Waals surface area (Å²) in [5.41, 5.74) is 5.06. The summed E-state index contributed by atoms with van der Waals surface area (Å²) >= 11 is 0. The first kappa shape index (κ1) is 7.32. The van der Waals surface area contributed by atoms with E-state index in [0.717, 1.165) is 19.3 Å². The van der Waals surface area contributed by atoms with Gasteiger partial charge < -0.3 is 5.73 Å². The molecule has 2 nitrogen and oxygen atoms in total. The van der Waals surface area contributed by atoms with Crippen molar-refractivity contribution in [1.29, 1.82) is 0 Å². The second kappa shape index (κ2) is 3.40. The lowest BCUT2D eigenvalue weighted by molar-refractivity contribution is -0.118. The minimum Gasteiger partial charge on any atom is -0.370 e. The van der Waals surface area contributed by atoms with E-state index >= 15 is 0 Å². The molecular weight excluding hydrogens is 126 g/mol. The highest BCUT2D eigenvalue weighted by molar-refractivity contribution is 5.74. The Balaban J connectivity index is 2.28. The van der Waals surface area contributed by atoms with Gasteiger partial charge in [-0.1, -0.05) is 12.2 Å². The van der Waals surface area contributed by atoms with Crippen molar-refractivity contribution in [3.05, 3.63) is 12.2 Å². The molecule has 0 bridgehead atoms. The summed E-state index contributed by atoms with van der Waals surface area (Å²) < 4.78 is 0. The van der Waals surface area contributed by atoms with Gasteiger partial charge >= 0.3 is 0 Å². The lowest BCUT2D eigenvalue weighted by Crippen LogP contribution is -2.16. The molecule has 0 fully saturated rings. The SMILES string of the molecule is NC(=O)CC1CC=CCC1. The van der Waals surface area contributed by atoms with Crippen molar-refractivity contribution < 1.29 is 4.79 Å². The van der Waals surface area contributed by atoms with Gasteiger partial charge in [0.15, 0.2) is 0 Å². The Kier molecular flexibility index (Phi) is 2.49. The van der Waals surface area contributed by atoms with Gasteiger partial charge in [0.05, 0.1) is 0 Å². The fourth-order valence-electron chi connectivity index (χ4n) is 1.33. The summed E-state index contributed by atoms with van der Waals surface area (Å²) in [6.45, 7) is 0. The van der Waals surface area contributed by atoms with Crippen LogP contribution in [-0.4, -0.2) is 5.91 Å². The van der Waals surface area contributed by atoms with Crippen molar-refractivity contribution in [2.45, 2.75) is 25.7 Å². The molecule has 10 heavy (non-hydrogen) atoms. The fourth-order valence-corrected chi connectivity index (χ4v) is 1.33. The van der Waals surface area contributed by atoms with Gasteiger partial charge in [-0.25, -0.2) is 0 Å². The maximum absolute atomic E-state index is 10.5. The smallest absolute Gasteiger partial charge is 0.217 e. The van der Waals surface area contributed by atoms with Crippen molar-refractivity contribution in [3.8, 4) is 0 Å². The second-order valence-corrected chi connectivity index (χ2v) is 2.82. The Morgan fingerprint density at radius 3 is 2.90 bits per heavy atom. The van der Waals surface area contributed by atoms with Crippen LogP contribution in [0.3, 0.4) is 0 Å². The Hall–Kier alpha value is -0.790. The van der Waals surface area contributed by atoms with Crippen LogP contribution >= 0.6 is 0 Å². The van der Waals surface area contributed by atoms with Crippen molar-refractivity contribution in [2.24, 2.45) is 11.7 Å². The summed E-state index contributed by atoms with van der Waals surface area (Å²) in [7, 11) is 0. The van der Waals surface area contributed by atoms with Crippen LogP contribution in [-0.2, 0) is 4.79 Å². The van der Waals surface area contributed by atoms with Gasteiger partial charge in [0, 0.05) is 6.42 Å². The van der Waals surface area contributed by atoms with E-state index in [9.17, 15) is 4.79 Å². The summed E-state index contributed by atoms with van der Waals surface area (Å²) in [6.07, 6.45) is 8.12. The second-order valence-electron chi connectivity index (χ2n) is 2.82. The normalized spacial score (nSPS) is 24.6. The molecule has 0 aromatic heterocycles. The van der Waals surface area contributed by atoms with Gasteiger partial charge in [-0.15, -0.1) is 0 Å². The zero-order valence-electron chi connectivity index (χ0n) is 6.05. The highest BCUT2D eigenvalue weighted by Gasteiger charge is 2.11. The van der Waals surface area contributed by atoms with Crippen molar-refractivity contribution in [3.63, 3.8) is 0 Å². The molecule has 1 aliphatic carbocycles. The Morgan fingerprint density at radius 2 is 2.40 bits per heavy atom. The molecule has 0 aliphatic heterocycles. The minimum absolute atomic E-state index is 0.166. The molecule has 1 aliphatic rings. The van der Waals surface area contributed by atoms with E-state index in [1.807, 2.05) is 0 Å². The molecule has 1 unspecified atom stereocenters. The molecule has 2 N–H and O–H groups in total. The van der Waals surface area contributed by atoms with E-state index in [1.54, 1.807) is 0 Å². The molecule has 0 saturated heterocycles. The minimum atomic E-state index is -0.166. The molecule has 56 valence electrons. The monoisotopic (exact) mass is 139 g/mol. The zero-order chi connectivity index (χ0) is 7.40. The number of allylic oxidation sites excluding steroid dienone is 2. The quantitative estimate of drug-likeness (QED) is 0.574. The van der Waals surface area contributed by atoms with Crippen LogP contribution in [0.25, 0.3) is 0 Å². The molecule has 0 spiro atoms. The molecular formula is C8H13NO. The van der Waals surface area contributed by atoms with Crippen LogP contribution in [0.5, 0.6) is 0 Å². The maximum atomic E-state index is 10.5. The third-order valence-corrected chi connectivity index (χ3v) is 1.87. The van der Waals surface area contributed by atoms with Crippen LogP contribution in [0.2, 0.25) is 0 Å². The van der Waals surface area contributed by atoms with Crippen molar-refractivity contribution in [2.75, 3.05) is 0 Å². The average molecular weight is 139 g/mol. The Morgan fingerprint density at radius 1 is 1.60 bits per heavy atom. The van der Waals surface area contributed by atoms with Gasteiger partial charge in [-0.2, -0.15) is 0 Å². The van der Waals surface area contributed by atoms with Gasteiger partial charge in [0.2, 0.25) is 5.91 Å². The number of hydrogen-bond acceptors (Lipinski definition) is 1. The van der Waals surface area contributed by atoms with Crippen molar-refractivity contribution >= 4 is 5.91 Å². The highest BCUT2D eigenvalue weighted by atomic mass is 16.1. The standard InChI is InChI=1S/C8H13NO/c9-8(10)6-7-4-2-1-3-5-7/h1-2,7H,3-6H2,(H2,9,10). The molecule has 1 rings (SSSR count). The molecule has 0 aromatic rings. The summed E-state index contributed by atoms with van der Waals surface area (Å²) in [4.78, 5) is 10.5. The topological polar surface area (TPSA) is 43.1 Å². The Bertz CT molecular complexity index is 151. The average Bonchev–Trinajstić information content (AvgIpc) is 1.88. The zero-order valence-corrected chi connectivity index (χ0v) is 6.05. The predicted molar refractivity (Wildman–Crippen MR) is 40.3 cm³/mol. The molecule has 2 heteroatoms. The molecule has 1 amide bonds. The lowest BCUT2D eigenvalue weighted by Gasteiger charge is -2.14. The first-order valence-corrected chi connectivity index (χ1v) is 3.72. The summed E-state index contributed by atoms with van der Waals surface area (Å²) in [5.74, 6) is 0.350. The predicted octanol–water partition coefficient (Wildman–Crippen LogP) is 1.22. The first-order chi connectivity index (χ1) is 4.79. The number of carbonyl (C=O) groups is 1. The number of rotatable bonds is 2. The maximum Gasteiger partial charge on any atom is 0.217 e. The van der Waals surface area contributed by atoms with E-state index in [4.69, 9.17) is 5.73 Å². The van der Waals surface area contributed by atoms with Crippen LogP contribution in [0.15, 0.2) is 12.2 Å². The van der Waals surface area contributed by atoms with Crippen LogP contribution in [0, 0.1) is 5.92 Å². The van der Waals surface area contributed by atoms with E-state index in [0.29, 0.717) is 12.3 Å². The van der Waals surface area contributed by atoms with E-state index < -0.39 is 0 Å². The first-order valence-electron chi connectivity index (χ1n) is 3.72. The van der Waals surface area contributed by atoms with E-state index in [1.165, 1.54) is 0 Å². The molecule has 0 aromatic carbocycles. The van der Waals surface area contributed by atoms with Crippen LogP contribution < -0.4 is 5.73 Å². The fraction of sp³-hybridized carbons (Fsp3) is 0.625. The van der Waals surface area contributed by atoms with Crippen LogP contribution in [0.4, 0.5) is 0 Å². The van der Waals surface area contributed by atoms with Crippen LogP contribution in [0.1, 0.15) is 25.7 Å². The van der Waals surface area contributed by atoms with Gasteiger partial charge in [-0.3, -0.25) is 4.79 Å². The van der Waals surface area contributed by atoms with E-state index in [2.05, 4.69) is 12.2 Å². The van der Waals surface area contributed by atoms with Crippen molar-refractivity contribution in [1.82, 2.24) is 0 Å². The van der Waals surface area contributed by atoms with Gasteiger partial charge in [0.25, 0.3) is 0 Å². The summed E-state index contributed by atoms with van der Waals surface area (Å²) in [6, 6.07) is 0. The third-order valence-electron chi connectivity index (χ3n) is 1.87. The largest absolute Gasteiger partial charge is 0.370 e. The molecule has 1 atom stereocenters. The summed E-state index contributed by atoms with van der Waals surface area (Å²) in [5, 5.41) is 0. The van der Waals surface area contributed by atoms with Gasteiger partial charge in [-0.05, 0) is 25.2 Å². The number of hydrogen-bond donors (Lipinski definition) is 1. The number of amides is 1. The molecule has 0 saturated carbocycles. The number of nitrogens with two attached hydrogens (primary N) is 1. The number of primary amides is 1.